The van der Waals surface area contributed by atoms with Crippen LogP contribution in [0.3, 0.4) is 0 Å². The number of nitrogens with one attached hydrogen (secondary N) is 1. The van der Waals surface area contributed by atoms with E-state index in [4.69, 9.17) is 0 Å². The fraction of sp³-hybridized carbons (Fsp3) is 0.643. The molecule has 0 bridgehead atoms. The number of likely N-dealkylation sites (tertiary alicyclic amines) is 1. The number of piperidine rings is 1. The molecule has 1 atom stereocenters. The Labute approximate surface area is 117 Å². The molecule has 0 amide bonds. The Morgan fingerprint density at radius 2 is 2.25 bits per heavy atom. The molecule has 0 spiro atoms. The summed E-state index contributed by atoms with van der Waals surface area (Å²) in [7, 11) is 0. The van der Waals surface area contributed by atoms with Gasteiger partial charge in [-0.15, -0.1) is 0 Å². The van der Waals surface area contributed by atoms with Crippen molar-refractivity contribution in [3.8, 4) is 0 Å². The molecule has 0 aromatic carbocycles. The standard InChI is InChI=1S/C14H20F3N3/c15-14(16,17)13-4-2-7-20(11-13)8-6-19-10-12-3-1-5-18-9-12/h1,3,5,9,13,19H,2,4,6-8,10-11H2. The van der Waals surface area contributed by atoms with Gasteiger partial charge in [-0.1, -0.05) is 6.07 Å². The molecular weight excluding hydrogens is 267 g/mol. The number of rotatable bonds is 5. The third-order valence-corrected chi connectivity index (χ3v) is 3.63. The van der Waals surface area contributed by atoms with Crippen LogP contribution >= 0.6 is 0 Å². The number of aromatic nitrogens is 1. The van der Waals surface area contributed by atoms with E-state index in [1.807, 2.05) is 17.0 Å². The largest absolute Gasteiger partial charge is 0.393 e. The van der Waals surface area contributed by atoms with Crippen LogP contribution in [0.2, 0.25) is 0 Å². The summed E-state index contributed by atoms with van der Waals surface area (Å²) in [6, 6.07) is 3.84. The number of alkyl halides is 3. The molecule has 20 heavy (non-hydrogen) atoms. The number of nitrogens with zero attached hydrogens (tertiary/aromatic N) is 2. The molecule has 112 valence electrons. The second-order valence-corrected chi connectivity index (χ2v) is 5.22. The van der Waals surface area contributed by atoms with Crippen molar-refractivity contribution in [3.63, 3.8) is 0 Å². The van der Waals surface area contributed by atoms with E-state index >= 15 is 0 Å². The molecule has 2 rings (SSSR count). The van der Waals surface area contributed by atoms with Gasteiger partial charge in [0, 0.05) is 38.6 Å². The molecule has 1 aliphatic heterocycles. The van der Waals surface area contributed by atoms with E-state index in [0.29, 0.717) is 26.1 Å². The number of hydrogen-bond acceptors (Lipinski definition) is 3. The molecule has 1 N–H and O–H groups in total. The van der Waals surface area contributed by atoms with Crippen LogP contribution in [0.25, 0.3) is 0 Å². The van der Waals surface area contributed by atoms with E-state index in [9.17, 15) is 13.2 Å². The minimum Gasteiger partial charge on any atom is -0.311 e. The fourth-order valence-electron chi connectivity index (χ4n) is 2.50. The molecule has 1 aromatic heterocycles. The average Bonchev–Trinajstić information content (AvgIpc) is 2.44. The number of hydrogen-bond donors (Lipinski definition) is 1. The Kier molecular flexibility index (Phi) is 5.37. The predicted molar refractivity (Wildman–Crippen MR) is 71.2 cm³/mol. The molecule has 1 aliphatic rings. The SMILES string of the molecule is FC(F)(F)C1CCCN(CCNCc2cccnc2)C1. The van der Waals surface area contributed by atoms with Gasteiger partial charge in [0.2, 0.25) is 0 Å². The topological polar surface area (TPSA) is 28.2 Å². The minimum absolute atomic E-state index is 0.137. The van der Waals surface area contributed by atoms with Gasteiger partial charge in [-0.25, -0.2) is 0 Å². The van der Waals surface area contributed by atoms with Crippen molar-refractivity contribution < 1.29 is 13.2 Å². The van der Waals surface area contributed by atoms with Crippen LogP contribution in [-0.4, -0.2) is 42.2 Å². The molecule has 0 saturated carbocycles. The maximum atomic E-state index is 12.7. The Morgan fingerprint density at radius 3 is 2.95 bits per heavy atom. The lowest BCUT2D eigenvalue weighted by Crippen LogP contribution is -2.44. The molecule has 6 heteroatoms. The van der Waals surface area contributed by atoms with Crippen LogP contribution in [0.4, 0.5) is 13.2 Å². The Hall–Kier alpha value is -1.14. The molecule has 2 heterocycles. The highest BCUT2D eigenvalue weighted by atomic mass is 19.4. The van der Waals surface area contributed by atoms with Crippen LogP contribution in [0.5, 0.6) is 0 Å². The fourth-order valence-corrected chi connectivity index (χ4v) is 2.50. The van der Waals surface area contributed by atoms with Gasteiger partial charge in [0.05, 0.1) is 5.92 Å². The molecule has 0 radical (unpaired) electrons. The van der Waals surface area contributed by atoms with Crippen molar-refractivity contribution in [1.82, 2.24) is 15.2 Å². The zero-order valence-corrected chi connectivity index (χ0v) is 11.4. The van der Waals surface area contributed by atoms with Gasteiger partial charge in [-0.3, -0.25) is 4.98 Å². The first-order valence-electron chi connectivity index (χ1n) is 6.94. The zero-order valence-electron chi connectivity index (χ0n) is 11.4. The second kappa shape index (κ2) is 7.04. The lowest BCUT2D eigenvalue weighted by molar-refractivity contribution is -0.186. The van der Waals surface area contributed by atoms with Crippen molar-refractivity contribution in [2.24, 2.45) is 5.92 Å². The monoisotopic (exact) mass is 287 g/mol. The van der Waals surface area contributed by atoms with Gasteiger partial charge >= 0.3 is 6.18 Å². The summed E-state index contributed by atoms with van der Waals surface area (Å²) in [6.45, 7) is 2.95. The van der Waals surface area contributed by atoms with E-state index in [1.54, 1.807) is 12.4 Å². The summed E-state index contributed by atoms with van der Waals surface area (Å²) < 4.78 is 38.0. The van der Waals surface area contributed by atoms with Crippen LogP contribution in [0.1, 0.15) is 18.4 Å². The summed E-state index contributed by atoms with van der Waals surface area (Å²) in [5.41, 5.74) is 1.08. The van der Waals surface area contributed by atoms with Crippen LogP contribution in [0.15, 0.2) is 24.5 Å². The number of halogens is 3. The highest BCUT2D eigenvalue weighted by Crippen LogP contribution is 2.32. The quantitative estimate of drug-likeness (QED) is 0.843. The third kappa shape index (κ3) is 4.76. The molecule has 1 saturated heterocycles. The molecule has 1 unspecified atom stereocenters. The summed E-state index contributed by atoms with van der Waals surface area (Å²) in [5.74, 6) is -1.16. The average molecular weight is 287 g/mol. The Bertz CT molecular complexity index is 394. The van der Waals surface area contributed by atoms with Crippen LogP contribution < -0.4 is 5.32 Å². The first-order valence-corrected chi connectivity index (χ1v) is 6.94. The minimum atomic E-state index is -4.05. The first-order chi connectivity index (χ1) is 9.55. The Balaban J connectivity index is 1.66. The zero-order chi connectivity index (χ0) is 14.4. The van der Waals surface area contributed by atoms with E-state index < -0.39 is 12.1 Å². The highest BCUT2D eigenvalue weighted by Gasteiger charge is 2.41. The van der Waals surface area contributed by atoms with Gasteiger partial charge in [-0.05, 0) is 31.0 Å². The van der Waals surface area contributed by atoms with Crippen molar-refractivity contribution in [3.05, 3.63) is 30.1 Å². The molecular formula is C14H20F3N3. The maximum absolute atomic E-state index is 12.7. The Morgan fingerprint density at radius 1 is 1.40 bits per heavy atom. The van der Waals surface area contributed by atoms with Gasteiger partial charge in [-0.2, -0.15) is 13.2 Å². The van der Waals surface area contributed by atoms with Gasteiger partial charge in [0.25, 0.3) is 0 Å². The predicted octanol–water partition coefficient (Wildman–Crippen LogP) is 2.45. The van der Waals surface area contributed by atoms with Gasteiger partial charge in [0.1, 0.15) is 0 Å². The number of pyridine rings is 1. The van der Waals surface area contributed by atoms with Crippen molar-refractivity contribution in [2.75, 3.05) is 26.2 Å². The molecule has 1 fully saturated rings. The lowest BCUT2D eigenvalue weighted by Gasteiger charge is -2.33. The summed E-state index contributed by atoms with van der Waals surface area (Å²) >= 11 is 0. The van der Waals surface area contributed by atoms with E-state index in [0.717, 1.165) is 12.1 Å². The van der Waals surface area contributed by atoms with Gasteiger partial charge in [0.15, 0.2) is 0 Å². The highest BCUT2D eigenvalue weighted by molar-refractivity contribution is 5.07. The smallest absolute Gasteiger partial charge is 0.311 e. The van der Waals surface area contributed by atoms with Crippen molar-refractivity contribution in [2.45, 2.75) is 25.6 Å². The van der Waals surface area contributed by atoms with E-state index in [2.05, 4.69) is 10.3 Å². The molecule has 1 aromatic rings. The lowest BCUT2D eigenvalue weighted by atomic mass is 9.97. The normalized spacial score (nSPS) is 21.1. The summed E-state index contributed by atoms with van der Waals surface area (Å²) in [5, 5.41) is 3.24. The third-order valence-electron chi connectivity index (χ3n) is 3.63. The van der Waals surface area contributed by atoms with Crippen LogP contribution in [0, 0.1) is 5.92 Å². The van der Waals surface area contributed by atoms with Crippen molar-refractivity contribution >= 4 is 0 Å². The van der Waals surface area contributed by atoms with E-state index in [1.165, 1.54) is 0 Å². The summed E-state index contributed by atoms with van der Waals surface area (Å²) in [6.07, 6.45) is 0.347. The maximum Gasteiger partial charge on any atom is 0.393 e. The molecule has 0 aliphatic carbocycles. The molecule has 3 nitrogen and oxygen atoms in total. The van der Waals surface area contributed by atoms with Crippen LogP contribution in [-0.2, 0) is 6.54 Å². The first kappa shape index (κ1) is 15.3. The van der Waals surface area contributed by atoms with Crippen molar-refractivity contribution in [1.29, 1.82) is 0 Å². The summed E-state index contributed by atoms with van der Waals surface area (Å²) in [4.78, 5) is 5.92. The van der Waals surface area contributed by atoms with E-state index in [-0.39, 0.29) is 13.0 Å². The van der Waals surface area contributed by atoms with Gasteiger partial charge < -0.3 is 10.2 Å². The second-order valence-electron chi connectivity index (χ2n) is 5.22.